The quantitative estimate of drug-likeness (QED) is 0.330. The number of hydrogen-bond donors (Lipinski definition) is 1. The van der Waals surface area contributed by atoms with E-state index in [9.17, 15) is 18.0 Å². The van der Waals surface area contributed by atoms with Gasteiger partial charge in [0.1, 0.15) is 12.6 Å². The Morgan fingerprint density at radius 2 is 1.58 bits per heavy atom. The lowest BCUT2D eigenvalue weighted by molar-refractivity contribution is -0.140. The van der Waals surface area contributed by atoms with E-state index in [-0.39, 0.29) is 34.6 Å². The van der Waals surface area contributed by atoms with Gasteiger partial charge in [0.2, 0.25) is 21.8 Å². The number of nitrogens with one attached hydrogen (secondary N) is 1. The molecule has 38 heavy (non-hydrogen) atoms. The van der Waals surface area contributed by atoms with E-state index in [4.69, 9.17) is 34.8 Å². The highest BCUT2D eigenvalue weighted by atomic mass is 35.5. The van der Waals surface area contributed by atoms with Crippen LogP contribution in [0.2, 0.25) is 15.1 Å². The topological polar surface area (TPSA) is 86.8 Å². The lowest BCUT2D eigenvalue weighted by Gasteiger charge is -2.33. The molecule has 0 fully saturated rings. The van der Waals surface area contributed by atoms with E-state index < -0.39 is 28.5 Å². The molecule has 2 amide bonds. The normalized spacial score (nSPS) is 12.0. The van der Waals surface area contributed by atoms with Crippen LogP contribution in [-0.2, 0) is 32.6 Å². The van der Waals surface area contributed by atoms with E-state index in [1.54, 1.807) is 31.2 Å². The smallest absolute Gasteiger partial charge is 0.244 e. The molecule has 0 spiro atoms. The summed E-state index contributed by atoms with van der Waals surface area (Å²) in [7, 11) is -3.91. The number of amides is 2. The number of hydrogen-bond acceptors (Lipinski definition) is 4. The molecule has 0 aliphatic rings. The summed E-state index contributed by atoms with van der Waals surface area (Å²) in [5.41, 5.74) is 1.71. The third-order valence-electron chi connectivity index (χ3n) is 5.73. The second kappa shape index (κ2) is 13.3. The van der Waals surface area contributed by atoms with Gasteiger partial charge in [-0.1, -0.05) is 77.3 Å². The Hall–Kier alpha value is -2.78. The van der Waals surface area contributed by atoms with Gasteiger partial charge in [-0.2, -0.15) is 0 Å². The fourth-order valence-electron chi connectivity index (χ4n) is 3.93. The molecule has 0 unspecified atom stereocenters. The summed E-state index contributed by atoms with van der Waals surface area (Å²) < 4.78 is 26.5. The zero-order chi connectivity index (χ0) is 27.9. The number of carbonyl (C=O) groups excluding carboxylic acids is 2. The van der Waals surface area contributed by atoms with Gasteiger partial charge in [0.05, 0.1) is 22.0 Å². The van der Waals surface area contributed by atoms with E-state index >= 15 is 0 Å². The van der Waals surface area contributed by atoms with Crippen molar-refractivity contribution in [3.8, 4) is 0 Å². The largest absolute Gasteiger partial charge is 0.355 e. The monoisotopic (exact) mass is 595 g/mol. The molecule has 0 aromatic heterocycles. The fraction of sp³-hybridized carbons (Fsp3) is 0.259. The van der Waals surface area contributed by atoms with E-state index in [1.165, 1.54) is 23.1 Å². The first kappa shape index (κ1) is 29.8. The number of anilines is 1. The van der Waals surface area contributed by atoms with Gasteiger partial charge in [0.15, 0.2) is 0 Å². The maximum Gasteiger partial charge on any atom is 0.244 e. The molecule has 0 aliphatic carbocycles. The van der Waals surface area contributed by atoms with Crippen LogP contribution in [0.5, 0.6) is 0 Å². The highest BCUT2D eigenvalue weighted by molar-refractivity contribution is 7.92. The van der Waals surface area contributed by atoms with Crippen LogP contribution in [0.1, 0.15) is 18.1 Å². The average Bonchev–Trinajstić information content (AvgIpc) is 2.86. The molecule has 0 saturated heterocycles. The van der Waals surface area contributed by atoms with Crippen molar-refractivity contribution in [3.63, 3.8) is 0 Å². The first-order chi connectivity index (χ1) is 18.0. The summed E-state index contributed by atoms with van der Waals surface area (Å²) >= 11 is 18.3. The Balaban J connectivity index is 2.05. The van der Waals surface area contributed by atoms with Crippen LogP contribution in [0.4, 0.5) is 5.69 Å². The predicted molar refractivity (Wildman–Crippen MR) is 153 cm³/mol. The van der Waals surface area contributed by atoms with Gasteiger partial charge in [-0.3, -0.25) is 13.9 Å². The second-order valence-corrected chi connectivity index (χ2v) is 11.8. The molecule has 0 heterocycles. The van der Waals surface area contributed by atoms with E-state index in [0.29, 0.717) is 17.1 Å². The highest BCUT2D eigenvalue weighted by Gasteiger charge is 2.33. The van der Waals surface area contributed by atoms with E-state index in [2.05, 4.69) is 5.32 Å². The van der Waals surface area contributed by atoms with Crippen LogP contribution in [0.15, 0.2) is 72.8 Å². The molecule has 3 aromatic rings. The highest BCUT2D eigenvalue weighted by Crippen LogP contribution is 2.29. The van der Waals surface area contributed by atoms with Crippen molar-refractivity contribution in [1.82, 2.24) is 10.2 Å². The summed E-state index contributed by atoms with van der Waals surface area (Å²) in [4.78, 5) is 28.6. The van der Waals surface area contributed by atoms with Crippen LogP contribution in [-0.4, -0.2) is 50.5 Å². The van der Waals surface area contributed by atoms with Crippen molar-refractivity contribution >= 4 is 62.3 Å². The number of halogens is 3. The summed E-state index contributed by atoms with van der Waals surface area (Å²) in [6.07, 6.45) is 1.22. The van der Waals surface area contributed by atoms with Gasteiger partial charge in [-0.05, 0) is 48.4 Å². The van der Waals surface area contributed by atoms with Gasteiger partial charge in [0.25, 0.3) is 0 Å². The van der Waals surface area contributed by atoms with Crippen LogP contribution < -0.4 is 9.62 Å². The Labute approximate surface area is 238 Å². The minimum absolute atomic E-state index is 0.0347. The summed E-state index contributed by atoms with van der Waals surface area (Å²) in [6.45, 7) is 1.63. The predicted octanol–water partition coefficient (Wildman–Crippen LogP) is 5.19. The molecule has 3 rings (SSSR count). The van der Waals surface area contributed by atoms with E-state index in [1.807, 2.05) is 30.3 Å². The van der Waals surface area contributed by atoms with E-state index in [0.717, 1.165) is 16.1 Å². The van der Waals surface area contributed by atoms with Gasteiger partial charge in [-0.25, -0.2) is 8.42 Å². The van der Waals surface area contributed by atoms with Crippen molar-refractivity contribution in [2.45, 2.75) is 25.9 Å². The van der Waals surface area contributed by atoms with Crippen molar-refractivity contribution in [3.05, 3.63) is 99.0 Å². The van der Waals surface area contributed by atoms with Crippen molar-refractivity contribution in [2.24, 2.45) is 0 Å². The first-order valence-corrected chi connectivity index (χ1v) is 14.8. The van der Waals surface area contributed by atoms with Gasteiger partial charge in [0, 0.05) is 24.5 Å². The average molecular weight is 597 g/mol. The summed E-state index contributed by atoms with van der Waals surface area (Å²) in [6, 6.07) is 19.6. The van der Waals surface area contributed by atoms with Gasteiger partial charge in [-0.15, -0.1) is 0 Å². The summed E-state index contributed by atoms with van der Waals surface area (Å²) in [5, 5.41) is 3.67. The minimum Gasteiger partial charge on any atom is -0.355 e. The molecule has 7 nitrogen and oxygen atoms in total. The number of likely N-dealkylation sites (N-methyl/N-ethyl adjacent to an activating group) is 1. The number of sulfonamides is 1. The second-order valence-electron chi connectivity index (χ2n) is 8.62. The molecule has 0 radical (unpaired) electrons. The SMILES string of the molecule is CCNC(=O)[C@@H](Cc1ccccc1)N(Cc1cccc(Cl)c1)C(=O)CN(c1ccc(Cl)c(Cl)c1)S(C)(=O)=O. The molecular weight excluding hydrogens is 569 g/mol. The molecule has 1 N–H and O–H groups in total. The van der Waals surface area contributed by atoms with Gasteiger partial charge >= 0.3 is 0 Å². The molecule has 1 atom stereocenters. The number of nitrogens with zero attached hydrogens (tertiary/aromatic N) is 2. The Bertz CT molecular complexity index is 1390. The first-order valence-electron chi connectivity index (χ1n) is 11.8. The molecular formula is C27H28Cl3N3O4S. The fourth-order valence-corrected chi connectivity index (χ4v) is 5.28. The third-order valence-corrected chi connectivity index (χ3v) is 7.85. The molecule has 0 saturated carbocycles. The molecule has 0 bridgehead atoms. The lowest BCUT2D eigenvalue weighted by Crippen LogP contribution is -2.53. The standard InChI is InChI=1S/C27H28Cl3N3O4S/c1-3-31-27(35)25(15-19-8-5-4-6-9-19)32(17-20-10-7-11-21(28)14-20)26(34)18-33(38(2,36)37)22-12-13-23(29)24(30)16-22/h4-14,16,25H,3,15,17-18H2,1-2H3,(H,31,35)/t25-/m1/s1. The number of rotatable bonds is 11. The summed E-state index contributed by atoms with van der Waals surface area (Å²) in [5.74, 6) is -0.930. The minimum atomic E-state index is -3.91. The van der Waals surface area contributed by atoms with Crippen LogP contribution in [0, 0.1) is 0 Å². The zero-order valence-electron chi connectivity index (χ0n) is 20.9. The van der Waals surface area contributed by atoms with Crippen molar-refractivity contribution in [2.75, 3.05) is 23.7 Å². The molecule has 0 aliphatic heterocycles. The maximum absolute atomic E-state index is 13.9. The molecule has 202 valence electrons. The number of benzene rings is 3. The van der Waals surface area contributed by atoms with Gasteiger partial charge < -0.3 is 10.2 Å². The Morgan fingerprint density at radius 3 is 2.18 bits per heavy atom. The van der Waals surface area contributed by atoms with Crippen LogP contribution >= 0.6 is 34.8 Å². The number of carbonyl (C=O) groups is 2. The van der Waals surface area contributed by atoms with Crippen LogP contribution in [0.3, 0.4) is 0 Å². The molecule has 3 aromatic carbocycles. The Kier molecular flexibility index (Phi) is 10.4. The third kappa shape index (κ3) is 8.11. The Morgan fingerprint density at radius 1 is 0.895 bits per heavy atom. The van der Waals surface area contributed by atoms with Crippen molar-refractivity contribution in [1.29, 1.82) is 0 Å². The lowest BCUT2D eigenvalue weighted by atomic mass is 10.0. The van der Waals surface area contributed by atoms with Crippen molar-refractivity contribution < 1.29 is 18.0 Å². The zero-order valence-corrected chi connectivity index (χ0v) is 24.0. The molecule has 11 heteroatoms. The maximum atomic E-state index is 13.9. The van der Waals surface area contributed by atoms with Crippen LogP contribution in [0.25, 0.3) is 0 Å².